The number of anilines is 2. The van der Waals surface area contributed by atoms with Gasteiger partial charge < -0.3 is 24.9 Å². The van der Waals surface area contributed by atoms with Crippen LogP contribution < -0.4 is 15.5 Å². The molecule has 0 bridgehead atoms. The van der Waals surface area contributed by atoms with Gasteiger partial charge in [-0.1, -0.05) is 20.8 Å². The fourth-order valence-electron chi connectivity index (χ4n) is 3.25. The van der Waals surface area contributed by atoms with Crippen LogP contribution in [0, 0.1) is 5.41 Å². The van der Waals surface area contributed by atoms with Crippen molar-refractivity contribution in [3.8, 4) is 0 Å². The molecule has 1 heterocycles. The van der Waals surface area contributed by atoms with Gasteiger partial charge in [0.05, 0.1) is 12.8 Å². The summed E-state index contributed by atoms with van der Waals surface area (Å²) in [7, 11) is 3.93. The number of hydrogen-bond donors (Lipinski definition) is 2. The lowest BCUT2D eigenvalue weighted by Gasteiger charge is -2.28. The number of carbonyl (C=O) groups is 2. The number of benzene rings is 1. The van der Waals surface area contributed by atoms with Gasteiger partial charge in [0.25, 0.3) is 0 Å². The number of amides is 3. The van der Waals surface area contributed by atoms with Crippen LogP contribution in [-0.2, 0) is 17.9 Å². The summed E-state index contributed by atoms with van der Waals surface area (Å²) < 4.78 is 5.50. The molecule has 0 atom stereocenters. The second-order valence-electron chi connectivity index (χ2n) is 9.56. The van der Waals surface area contributed by atoms with Crippen molar-refractivity contribution in [2.24, 2.45) is 5.41 Å². The summed E-state index contributed by atoms with van der Waals surface area (Å²) in [5.41, 5.74) is 2.49. The number of nitrogens with one attached hydrogen (secondary N) is 2. The molecule has 0 saturated carbocycles. The highest BCUT2D eigenvalue weighted by molar-refractivity contribution is 5.90. The molecule has 0 spiro atoms. The van der Waals surface area contributed by atoms with Crippen molar-refractivity contribution < 1.29 is 14.0 Å². The van der Waals surface area contributed by atoms with Gasteiger partial charge in [-0.25, -0.2) is 4.79 Å². The lowest BCUT2D eigenvalue weighted by atomic mass is 9.91. The van der Waals surface area contributed by atoms with Gasteiger partial charge in [0.15, 0.2) is 0 Å². The zero-order valence-corrected chi connectivity index (χ0v) is 19.8. The zero-order valence-electron chi connectivity index (χ0n) is 19.8. The molecular weight excluding hydrogens is 392 g/mol. The SMILES string of the molecule is CC(C)NC(=O)Nc1ccc(N(C)C)c(CN(Cc2ccco2)C(=O)CC(C)(C)C)c1. The first-order valence-electron chi connectivity index (χ1n) is 10.6. The highest BCUT2D eigenvalue weighted by Gasteiger charge is 2.23. The number of urea groups is 1. The first-order chi connectivity index (χ1) is 14.4. The Morgan fingerprint density at radius 3 is 2.35 bits per heavy atom. The van der Waals surface area contributed by atoms with Crippen LogP contribution in [0.2, 0.25) is 0 Å². The summed E-state index contributed by atoms with van der Waals surface area (Å²) in [5, 5.41) is 5.70. The number of rotatable bonds is 8. The summed E-state index contributed by atoms with van der Waals surface area (Å²) in [6.45, 7) is 10.8. The van der Waals surface area contributed by atoms with Crippen LogP contribution >= 0.6 is 0 Å². The van der Waals surface area contributed by atoms with E-state index in [-0.39, 0.29) is 23.4 Å². The summed E-state index contributed by atoms with van der Waals surface area (Å²) in [5.74, 6) is 0.795. The third-order valence-corrected chi connectivity index (χ3v) is 4.56. The number of nitrogens with zero attached hydrogens (tertiary/aromatic N) is 2. The average Bonchev–Trinajstić information content (AvgIpc) is 3.12. The predicted molar refractivity (Wildman–Crippen MR) is 125 cm³/mol. The maximum Gasteiger partial charge on any atom is 0.319 e. The molecule has 0 aliphatic carbocycles. The third-order valence-electron chi connectivity index (χ3n) is 4.56. The van der Waals surface area contributed by atoms with Gasteiger partial charge in [0.2, 0.25) is 5.91 Å². The lowest BCUT2D eigenvalue weighted by Crippen LogP contribution is -2.34. The van der Waals surface area contributed by atoms with Crippen molar-refractivity contribution in [3.63, 3.8) is 0 Å². The van der Waals surface area contributed by atoms with Gasteiger partial charge in [-0.2, -0.15) is 0 Å². The fourth-order valence-corrected chi connectivity index (χ4v) is 3.25. The van der Waals surface area contributed by atoms with Crippen molar-refractivity contribution in [2.45, 2.75) is 60.2 Å². The molecule has 0 fully saturated rings. The molecule has 2 N–H and O–H groups in total. The average molecular weight is 429 g/mol. The predicted octanol–water partition coefficient (Wildman–Crippen LogP) is 4.84. The van der Waals surface area contributed by atoms with E-state index in [4.69, 9.17) is 4.42 Å². The van der Waals surface area contributed by atoms with Crippen LogP contribution in [0.25, 0.3) is 0 Å². The number of carbonyl (C=O) groups excluding carboxylic acids is 2. The highest BCUT2D eigenvalue weighted by Crippen LogP contribution is 2.27. The van der Waals surface area contributed by atoms with Gasteiger partial charge in [0, 0.05) is 44.5 Å². The summed E-state index contributed by atoms with van der Waals surface area (Å²) in [6, 6.07) is 9.23. The summed E-state index contributed by atoms with van der Waals surface area (Å²) in [4.78, 5) is 29.1. The molecule has 1 aromatic carbocycles. The zero-order chi connectivity index (χ0) is 23.2. The maximum absolute atomic E-state index is 13.1. The standard InChI is InChI=1S/C24H36N4O3/c1-17(2)25-23(30)26-19-10-11-21(27(6)7)18(13-19)15-28(16-20-9-8-12-31-20)22(29)14-24(3,4)5/h8-13,17H,14-16H2,1-7H3,(H2,25,26,30). The van der Waals surface area contributed by atoms with Crippen molar-refractivity contribution in [3.05, 3.63) is 47.9 Å². The van der Waals surface area contributed by atoms with Crippen LogP contribution in [0.15, 0.2) is 41.0 Å². The second kappa shape index (κ2) is 10.4. The minimum absolute atomic E-state index is 0.0410. The Morgan fingerprint density at radius 1 is 1.10 bits per heavy atom. The van der Waals surface area contributed by atoms with Gasteiger partial charge in [-0.05, 0) is 55.2 Å². The van der Waals surface area contributed by atoms with Crippen LogP contribution in [-0.4, -0.2) is 37.0 Å². The second-order valence-corrected chi connectivity index (χ2v) is 9.56. The maximum atomic E-state index is 13.1. The van der Waals surface area contributed by atoms with E-state index in [9.17, 15) is 9.59 Å². The van der Waals surface area contributed by atoms with Crippen LogP contribution in [0.3, 0.4) is 0 Å². The van der Waals surface area contributed by atoms with Crippen molar-refractivity contribution >= 4 is 23.3 Å². The molecule has 0 unspecified atom stereocenters. The Balaban J connectivity index is 2.32. The Bertz CT molecular complexity index is 867. The van der Waals surface area contributed by atoms with Crippen molar-refractivity contribution in [1.82, 2.24) is 10.2 Å². The molecule has 0 saturated heterocycles. The van der Waals surface area contributed by atoms with Crippen molar-refractivity contribution in [2.75, 3.05) is 24.3 Å². The molecule has 31 heavy (non-hydrogen) atoms. The molecule has 1 aromatic heterocycles. The minimum atomic E-state index is -0.255. The molecule has 0 aliphatic heterocycles. The first kappa shape index (κ1) is 24.3. The van der Waals surface area contributed by atoms with Crippen LogP contribution in [0.5, 0.6) is 0 Å². The van der Waals surface area contributed by atoms with Gasteiger partial charge in [0.1, 0.15) is 5.76 Å². The van der Waals surface area contributed by atoms with E-state index in [1.54, 1.807) is 6.26 Å². The van der Waals surface area contributed by atoms with E-state index < -0.39 is 0 Å². The molecule has 0 aliphatic rings. The lowest BCUT2D eigenvalue weighted by molar-refractivity contribution is -0.134. The molecule has 3 amide bonds. The summed E-state index contributed by atoms with van der Waals surface area (Å²) in [6.07, 6.45) is 2.05. The first-order valence-corrected chi connectivity index (χ1v) is 10.6. The molecule has 2 rings (SSSR count). The Morgan fingerprint density at radius 2 is 1.81 bits per heavy atom. The highest BCUT2D eigenvalue weighted by atomic mass is 16.3. The molecule has 170 valence electrons. The molecule has 0 radical (unpaired) electrons. The smallest absolute Gasteiger partial charge is 0.319 e. The van der Waals surface area contributed by atoms with E-state index in [1.807, 2.05) is 68.1 Å². The van der Waals surface area contributed by atoms with Gasteiger partial charge in [-0.3, -0.25) is 4.79 Å². The van der Waals surface area contributed by atoms with E-state index in [1.165, 1.54) is 0 Å². The van der Waals surface area contributed by atoms with Crippen LogP contribution in [0.4, 0.5) is 16.2 Å². The van der Waals surface area contributed by atoms with Gasteiger partial charge in [-0.15, -0.1) is 0 Å². The Labute approximate surface area is 185 Å². The monoisotopic (exact) mass is 428 g/mol. The van der Waals surface area contributed by atoms with Crippen molar-refractivity contribution in [1.29, 1.82) is 0 Å². The summed E-state index contributed by atoms with van der Waals surface area (Å²) >= 11 is 0. The quantitative estimate of drug-likeness (QED) is 0.631. The van der Waals surface area contributed by atoms with E-state index >= 15 is 0 Å². The normalized spacial score (nSPS) is 11.4. The Hall–Kier alpha value is -2.96. The minimum Gasteiger partial charge on any atom is -0.467 e. The largest absolute Gasteiger partial charge is 0.467 e. The molecule has 7 heteroatoms. The third kappa shape index (κ3) is 8.00. The van der Waals surface area contributed by atoms with Crippen LogP contribution in [0.1, 0.15) is 52.4 Å². The molecular formula is C24H36N4O3. The van der Waals surface area contributed by atoms with E-state index in [2.05, 4.69) is 31.4 Å². The molecule has 7 nitrogen and oxygen atoms in total. The van der Waals surface area contributed by atoms with E-state index in [0.29, 0.717) is 25.2 Å². The van der Waals surface area contributed by atoms with Gasteiger partial charge >= 0.3 is 6.03 Å². The number of hydrogen-bond acceptors (Lipinski definition) is 4. The fraction of sp³-hybridized carbons (Fsp3) is 0.500. The number of furan rings is 1. The topological polar surface area (TPSA) is 77.8 Å². The molecule has 2 aromatic rings. The van der Waals surface area contributed by atoms with E-state index in [0.717, 1.165) is 17.0 Å². The Kier molecular flexibility index (Phi) is 8.14.